The summed E-state index contributed by atoms with van der Waals surface area (Å²) >= 11 is 3.35. The Balaban J connectivity index is 2.15. The first-order chi connectivity index (χ1) is 8.31. The molecule has 4 nitrogen and oxygen atoms in total. The summed E-state index contributed by atoms with van der Waals surface area (Å²) < 4.78 is 24.8. The van der Waals surface area contributed by atoms with Gasteiger partial charge in [-0.1, -0.05) is 0 Å². The summed E-state index contributed by atoms with van der Waals surface area (Å²) in [4.78, 5) is 4.09. The molecule has 6 heteroatoms. The Hall–Kier alpha value is -0.460. The van der Waals surface area contributed by atoms with Gasteiger partial charge in [0, 0.05) is 10.7 Å². The average Bonchev–Trinajstić information content (AvgIpc) is 2.22. The van der Waals surface area contributed by atoms with Gasteiger partial charge in [0.2, 0.25) is 0 Å². The van der Waals surface area contributed by atoms with Crippen molar-refractivity contribution in [1.82, 2.24) is 4.98 Å². The van der Waals surface area contributed by atoms with Crippen LogP contribution in [0.25, 0.3) is 0 Å². The molecule has 2 rings (SSSR count). The molecule has 1 heterocycles. The number of nitrogens with zero attached hydrogens (tertiary/aromatic N) is 1. The SMILES string of the molecule is Cc1ccnc(CS(=O)(=O)CC2(O)CCC2)c1Br. The molecule has 18 heavy (non-hydrogen) atoms. The van der Waals surface area contributed by atoms with E-state index in [1.165, 1.54) is 0 Å². The van der Waals surface area contributed by atoms with Crippen LogP contribution in [0, 0.1) is 6.92 Å². The summed E-state index contributed by atoms with van der Waals surface area (Å²) in [5.74, 6) is -0.292. The molecule has 1 fully saturated rings. The highest BCUT2D eigenvalue weighted by Gasteiger charge is 2.39. The molecule has 0 unspecified atom stereocenters. The zero-order valence-electron chi connectivity index (χ0n) is 10.2. The predicted octanol–water partition coefficient (Wildman–Crippen LogP) is 1.98. The van der Waals surface area contributed by atoms with Crippen molar-refractivity contribution in [2.45, 2.75) is 37.5 Å². The summed E-state index contributed by atoms with van der Waals surface area (Å²) in [6.07, 6.45) is 3.66. The molecule has 0 amide bonds. The van der Waals surface area contributed by atoms with Gasteiger partial charge in [-0.25, -0.2) is 8.42 Å². The predicted molar refractivity (Wildman–Crippen MR) is 73.0 cm³/mol. The van der Waals surface area contributed by atoms with Gasteiger partial charge in [0.1, 0.15) is 0 Å². The number of pyridine rings is 1. The van der Waals surface area contributed by atoms with Crippen molar-refractivity contribution < 1.29 is 13.5 Å². The highest BCUT2D eigenvalue weighted by molar-refractivity contribution is 9.10. The molecular weight excluding hydrogens is 318 g/mol. The largest absolute Gasteiger partial charge is 0.389 e. The second kappa shape index (κ2) is 4.90. The Bertz CT molecular complexity index is 552. The van der Waals surface area contributed by atoms with E-state index >= 15 is 0 Å². The van der Waals surface area contributed by atoms with Crippen LogP contribution < -0.4 is 0 Å². The summed E-state index contributed by atoms with van der Waals surface area (Å²) in [6, 6.07) is 1.82. The lowest BCUT2D eigenvalue weighted by Gasteiger charge is -2.36. The molecule has 0 saturated heterocycles. The van der Waals surface area contributed by atoms with Crippen LogP contribution in [0.3, 0.4) is 0 Å². The molecule has 0 bridgehead atoms. The highest BCUT2D eigenvalue weighted by atomic mass is 79.9. The monoisotopic (exact) mass is 333 g/mol. The van der Waals surface area contributed by atoms with Crippen LogP contribution in [0.5, 0.6) is 0 Å². The van der Waals surface area contributed by atoms with Gasteiger partial charge >= 0.3 is 0 Å². The molecule has 0 radical (unpaired) electrons. The Morgan fingerprint density at radius 3 is 2.72 bits per heavy atom. The number of aryl methyl sites for hydroxylation is 1. The quantitative estimate of drug-likeness (QED) is 0.914. The lowest BCUT2D eigenvalue weighted by molar-refractivity contribution is -0.0114. The van der Waals surface area contributed by atoms with E-state index in [9.17, 15) is 13.5 Å². The lowest BCUT2D eigenvalue weighted by Crippen LogP contribution is -2.43. The summed E-state index contributed by atoms with van der Waals surface area (Å²) in [5.41, 5.74) is 0.463. The number of aliphatic hydroxyl groups is 1. The lowest BCUT2D eigenvalue weighted by atomic mass is 9.82. The van der Waals surface area contributed by atoms with Crippen LogP contribution in [0.1, 0.15) is 30.5 Å². The van der Waals surface area contributed by atoms with Crippen molar-refractivity contribution in [3.63, 3.8) is 0 Å². The molecule has 1 aromatic heterocycles. The van der Waals surface area contributed by atoms with E-state index in [1.54, 1.807) is 6.20 Å². The van der Waals surface area contributed by atoms with Crippen molar-refractivity contribution in [2.24, 2.45) is 0 Å². The normalized spacial score (nSPS) is 18.4. The fraction of sp³-hybridized carbons (Fsp3) is 0.583. The number of sulfone groups is 1. The minimum atomic E-state index is -3.33. The third-order valence-electron chi connectivity index (χ3n) is 3.28. The van der Waals surface area contributed by atoms with Crippen molar-refractivity contribution in [2.75, 3.05) is 5.75 Å². The maximum absolute atomic E-state index is 12.1. The highest BCUT2D eigenvalue weighted by Crippen LogP contribution is 2.33. The van der Waals surface area contributed by atoms with E-state index in [0.29, 0.717) is 18.5 Å². The van der Waals surface area contributed by atoms with E-state index in [2.05, 4.69) is 20.9 Å². The minimum absolute atomic E-state index is 0.127. The standard InChI is InChI=1S/C12H16BrNO3S/c1-9-3-6-14-10(11(9)13)7-18(16,17)8-12(15)4-2-5-12/h3,6,15H,2,4-5,7-8H2,1H3. The van der Waals surface area contributed by atoms with Crippen molar-refractivity contribution in [3.05, 3.63) is 28.0 Å². The second-order valence-corrected chi connectivity index (χ2v) is 7.86. The molecule has 1 N–H and O–H groups in total. The van der Waals surface area contributed by atoms with Gasteiger partial charge in [0.25, 0.3) is 0 Å². The Labute approximate surface area is 115 Å². The molecular formula is C12H16BrNO3S. The van der Waals surface area contributed by atoms with Gasteiger partial charge in [-0.2, -0.15) is 0 Å². The Morgan fingerprint density at radius 2 is 2.17 bits per heavy atom. The number of rotatable bonds is 4. The molecule has 1 aromatic rings. The first kappa shape index (κ1) is 14.0. The molecule has 1 aliphatic carbocycles. The van der Waals surface area contributed by atoms with Gasteiger partial charge in [-0.15, -0.1) is 0 Å². The number of hydrogen-bond acceptors (Lipinski definition) is 4. The molecule has 1 saturated carbocycles. The van der Waals surface area contributed by atoms with Crippen molar-refractivity contribution in [1.29, 1.82) is 0 Å². The van der Waals surface area contributed by atoms with E-state index < -0.39 is 15.4 Å². The third-order valence-corrected chi connectivity index (χ3v) is 6.06. The average molecular weight is 334 g/mol. The number of halogens is 1. The van der Waals surface area contributed by atoms with E-state index in [-0.39, 0.29) is 11.5 Å². The van der Waals surface area contributed by atoms with Crippen molar-refractivity contribution in [3.8, 4) is 0 Å². The van der Waals surface area contributed by atoms with Gasteiger partial charge in [0.15, 0.2) is 9.84 Å². The number of aromatic nitrogens is 1. The molecule has 100 valence electrons. The molecule has 0 aromatic carbocycles. The van der Waals surface area contributed by atoms with Crippen LogP contribution in [-0.2, 0) is 15.6 Å². The van der Waals surface area contributed by atoms with Gasteiger partial charge in [-0.05, 0) is 53.7 Å². The van der Waals surface area contributed by atoms with Gasteiger partial charge < -0.3 is 5.11 Å². The maximum Gasteiger partial charge on any atom is 0.158 e. The molecule has 0 atom stereocenters. The first-order valence-electron chi connectivity index (χ1n) is 5.84. The van der Waals surface area contributed by atoms with Crippen LogP contribution >= 0.6 is 15.9 Å². The Kier molecular flexibility index (Phi) is 3.80. The minimum Gasteiger partial charge on any atom is -0.389 e. The van der Waals surface area contributed by atoms with E-state index in [0.717, 1.165) is 16.5 Å². The molecule has 0 spiro atoms. The second-order valence-electron chi connectivity index (χ2n) is 5.00. The fourth-order valence-corrected chi connectivity index (χ4v) is 4.50. The van der Waals surface area contributed by atoms with E-state index in [1.807, 2.05) is 13.0 Å². The third kappa shape index (κ3) is 3.10. The zero-order chi connectivity index (χ0) is 13.4. The first-order valence-corrected chi connectivity index (χ1v) is 8.46. The Morgan fingerprint density at radius 1 is 1.50 bits per heavy atom. The summed E-state index contributed by atoms with van der Waals surface area (Å²) in [5, 5.41) is 9.94. The smallest absolute Gasteiger partial charge is 0.158 e. The van der Waals surface area contributed by atoms with Crippen LogP contribution in [0.2, 0.25) is 0 Å². The molecule has 1 aliphatic rings. The van der Waals surface area contributed by atoms with Crippen molar-refractivity contribution >= 4 is 25.8 Å². The zero-order valence-corrected chi connectivity index (χ0v) is 12.6. The van der Waals surface area contributed by atoms with Crippen LogP contribution in [0.4, 0.5) is 0 Å². The van der Waals surface area contributed by atoms with Gasteiger partial charge in [0.05, 0.1) is 22.8 Å². The fourth-order valence-electron chi connectivity index (χ4n) is 2.10. The molecule has 0 aliphatic heterocycles. The van der Waals surface area contributed by atoms with Crippen LogP contribution in [-0.4, -0.2) is 29.9 Å². The number of hydrogen-bond donors (Lipinski definition) is 1. The maximum atomic E-state index is 12.1. The van der Waals surface area contributed by atoms with E-state index in [4.69, 9.17) is 0 Å². The summed E-state index contributed by atoms with van der Waals surface area (Å²) in [7, 11) is -3.33. The van der Waals surface area contributed by atoms with Crippen LogP contribution in [0.15, 0.2) is 16.7 Å². The van der Waals surface area contributed by atoms with Gasteiger partial charge in [-0.3, -0.25) is 4.98 Å². The topological polar surface area (TPSA) is 67.3 Å². The summed E-state index contributed by atoms with van der Waals surface area (Å²) in [6.45, 7) is 1.89.